The molecule has 0 saturated heterocycles. The van der Waals surface area contributed by atoms with E-state index < -0.39 is 0 Å². The van der Waals surface area contributed by atoms with Crippen molar-refractivity contribution < 1.29 is 0 Å². The predicted octanol–water partition coefficient (Wildman–Crippen LogP) is 4.56. The summed E-state index contributed by atoms with van der Waals surface area (Å²) in [6, 6.07) is 9.77. The van der Waals surface area contributed by atoms with Gasteiger partial charge >= 0.3 is 0 Å². The highest BCUT2D eigenvalue weighted by Gasteiger charge is 2.13. The van der Waals surface area contributed by atoms with Crippen molar-refractivity contribution in [2.45, 2.75) is 12.5 Å². The Labute approximate surface area is 128 Å². The van der Waals surface area contributed by atoms with Gasteiger partial charge in [0.1, 0.15) is 0 Å². The maximum atomic E-state index is 6.00. The van der Waals surface area contributed by atoms with E-state index in [1.54, 1.807) is 17.4 Å². The summed E-state index contributed by atoms with van der Waals surface area (Å²) in [5, 5.41) is 1.13. The highest BCUT2D eigenvalue weighted by atomic mass is 79.9. The van der Waals surface area contributed by atoms with Gasteiger partial charge in [0.2, 0.25) is 0 Å². The lowest BCUT2D eigenvalue weighted by molar-refractivity contribution is 0.560. The average Bonchev–Trinajstić information content (AvgIpc) is 2.77. The van der Waals surface area contributed by atoms with Crippen LogP contribution in [0.1, 0.15) is 16.5 Å². The van der Waals surface area contributed by atoms with Gasteiger partial charge in [0, 0.05) is 4.88 Å². The number of hydrazine groups is 1. The van der Waals surface area contributed by atoms with Crippen molar-refractivity contribution in [2.24, 2.45) is 5.84 Å². The van der Waals surface area contributed by atoms with Crippen LogP contribution in [0.4, 0.5) is 0 Å². The van der Waals surface area contributed by atoms with Gasteiger partial charge < -0.3 is 0 Å². The van der Waals surface area contributed by atoms with Gasteiger partial charge in [-0.1, -0.05) is 29.3 Å². The first-order valence-electron chi connectivity index (χ1n) is 5.25. The van der Waals surface area contributed by atoms with Crippen molar-refractivity contribution >= 4 is 50.5 Å². The predicted molar refractivity (Wildman–Crippen MR) is 82.2 cm³/mol. The minimum atomic E-state index is 0.0681. The number of hydrogen-bond donors (Lipinski definition) is 2. The fourth-order valence-corrected chi connectivity index (χ4v) is 3.46. The van der Waals surface area contributed by atoms with E-state index in [2.05, 4.69) is 27.4 Å². The van der Waals surface area contributed by atoms with E-state index in [9.17, 15) is 0 Å². The summed E-state index contributed by atoms with van der Waals surface area (Å²) in [5.41, 5.74) is 3.92. The molecule has 0 aliphatic rings. The average molecular weight is 366 g/mol. The van der Waals surface area contributed by atoms with E-state index >= 15 is 0 Å². The second kappa shape index (κ2) is 6.37. The van der Waals surface area contributed by atoms with Crippen LogP contribution in [0.2, 0.25) is 10.0 Å². The summed E-state index contributed by atoms with van der Waals surface area (Å²) in [6.07, 6.45) is 0.764. The summed E-state index contributed by atoms with van der Waals surface area (Å²) in [7, 11) is 0. The molecule has 2 rings (SSSR count). The molecule has 1 aromatic heterocycles. The molecular formula is C12H11BrCl2N2S. The van der Waals surface area contributed by atoms with Crippen LogP contribution >= 0.6 is 50.5 Å². The first-order chi connectivity index (χ1) is 8.60. The zero-order chi connectivity index (χ0) is 13.1. The van der Waals surface area contributed by atoms with Gasteiger partial charge in [-0.15, -0.1) is 11.3 Å². The molecule has 0 aliphatic carbocycles. The van der Waals surface area contributed by atoms with Crippen molar-refractivity contribution in [3.05, 3.63) is 54.6 Å². The number of hydrogen-bond acceptors (Lipinski definition) is 3. The number of rotatable bonds is 4. The van der Waals surface area contributed by atoms with Crippen molar-refractivity contribution in [2.75, 3.05) is 0 Å². The molecule has 0 amide bonds. The first kappa shape index (κ1) is 14.3. The Hall–Kier alpha value is -0.100. The summed E-state index contributed by atoms with van der Waals surface area (Å²) in [5.74, 6) is 5.61. The fourth-order valence-electron chi connectivity index (χ4n) is 1.66. The molecule has 96 valence electrons. The standard InChI is InChI=1S/C12H11BrCl2N2S/c13-12-4-3-11(18-12)10(17-16)6-7-1-2-8(14)9(15)5-7/h1-5,10,17H,6,16H2. The molecule has 3 N–H and O–H groups in total. The van der Waals surface area contributed by atoms with Gasteiger partial charge in [0.05, 0.1) is 19.9 Å². The molecule has 1 atom stereocenters. The molecule has 2 nitrogen and oxygen atoms in total. The Bertz CT molecular complexity index is 545. The van der Waals surface area contributed by atoms with Gasteiger partial charge in [0.25, 0.3) is 0 Å². The topological polar surface area (TPSA) is 38.0 Å². The molecule has 0 bridgehead atoms. The molecular weight excluding hydrogens is 355 g/mol. The minimum Gasteiger partial charge on any atom is -0.271 e. The molecule has 0 saturated carbocycles. The molecule has 2 aromatic rings. The SMILES string of the molecule is NNC(Cc1ccc(Cl)c(Cl)c1)c1ccc(Br)s1. The summed E-state index contributed by atoms with van der Waals surface area (Å²) in [6.45, 7) is 0. The van der Waals surface area contributed by atoms with Gasteiger partial charge in [-0.25, -0.2) is 0 Å². The Kier molecular flexibility index (Phi) is 5.06. The number of nitrogens with two attached hydrogens (primary N) is 1. The lowest BCUT2D eigenvalue weighted by atomic mass is 10.1. The third-order valence-electron chi connectivity index (χ3n) is 2.56. The van der Waals surface area contributed by atoms with Crippen molar-refractivity contribution in [3.8, 4) is 0 Å². The number of thiophene rings is 1. The van der Waals surface area contributed by atoms with Crippen molar-refractivity contribution in [1.29, 1.82) is 0 Å². The zero-order valence-electron chi connectivity index (χ0n) is 9.29. The smallest absolute Gasteiger partial charge is 0.0702 e. The normalized spacial score (nSPS) is 12.7. The lowest BCUT2D eigenvalue weighted by Gasteiger charge is -2.14. The largest absolute Gasteiger partial charge is 0.271 e. The van der Waals surface area contributed by atoms with Crippen LogP contribution < -0.4 is 11.3 Å². The lowest BCUT2D eigenvalue weighted by Crippen LogP contribution is -2.28. The molecule has 1 aromatic carbocycles. The molecule has 1 unspecified atom stereocenters. The van der Waals surface area contributed by atoms with Gasteiger partial charge in [-0.3, -0.25) is 11.3 Å². The van der Waals surface area contributed by atoms with Crippen LogP contribution in [0.25, 0.3) is 0 Å². The molecule has 6 heteroatoms. The third-order valence-corrected chi connectivity index (χ3v) is 5.04. The van der Waals surface area contributed by atoms with E-state index in [1.807, 2.05) is 18.2 Å². The minimum absolute atomic E-state index is 0.0681. The van der Waals surface area contributed by atoms with E-state index in [0.717, 1.165) is 15.8 Å². The van der Waals surface area contributed by atoms with Crippen LogP contribution in [0.3, 0.4) is 0 Å². The third kappa shape index (κ3) is 3.47. The van der Waals surface area contributed by atoms with E-state index in [0.29, 0.717) is 10.0 Å². The van der Waals surface area contributed by atoms with Gasteiger partial charge in [-0.05, 0) is 52.2 Å². The molecule has 0 fully saturated rings. The van der Waals surface area contributed by atoms with Crippen LogP contribution in [-0.4, -0.2) is 0 Å². The highest BCUT2D eigenvalue weighted by Crippen LogP contribution is 2.30. The van der Waals surface area contributed by atoms with Crippen LogP contribution in [0.5, 0.6) is 0 Å². The molecule has 0 aliphatic heterocycles. The Balaban J connectivity index is 2.17. The second-order valence-corrected chi connectivity index (χ2v) is 7.12. The zero-order valence-corrected chi connectivity index (χ0v) is 13.2. The Morgan fingerprint density at radius 3 is 2.56 bits per heavy atom. The Morgan fingerprint density at radius 2 is 2.00 bits per heavy atom. The molecule has 18 heavy (non-hydrogen) atoms. The van der Waals surface area contributed by atoms with Gasteiger partial charge in [0.15, 0.2) is 0 Å². The van der Waals surface area contributed by atoms with E-state index in [-0.39, 0.29) is 6.04 Å². The quantitative estimate of drug-likeness (QED) is 0.615. The highest BCUT2D eigenvalue weighted by molar-refractivity contribution is 9.11. The summed E-state index contributed by atoms with van der Waals surface area (Å²) >= 11 is 17.0. The van der Waals surface area contributed by atoms with Crippen molar-refractivity contribution in [1.82, 2.24) is 5.43 Å². The first-order valence-corrected chi connectivity index (χ1v) is 7.62. The van der Waals surface area contributed by atoms with E-state index in [1.165, 1.54) is 4.88 Å². The van der Waals surface area contributed by atoms with Crippen molar-refractivity contribution in [3.63, 3.8) is 0 Å². The number of benzene rings is 1. The van der Waals surface area contributed by atoms with Crippen LogP contribution in [-0.2, 0) is 6.42 Å². The summed E-state index contributed by atoms with van der Waals surface area (Å²) in [4.78, 5) is 1.18. The second-order valence-electron chi connectivity index (χ2n) is 3.81. The molecule has 0 radical (unpaired) electrons. The molecule has 1 heterocycles. The number of nitrogens with one attached hydrogen (secondary N) is 1. The fraction of sp³-hybridized carbons (Fsp3) is 0.167. The maximum absolute atomic E-state index is 6.00. The summed E-state index contributed by atoms with van der Waals surface area (Å²) < 4.78 is 1.09. The Morgan fingerprint density at radius 1 is 1.22 bits per heavy atom. The number of halogens is 3. The van der Waals surface area contributed by atoms with E-state index in [4.69, 9.17) is 29.0 Å². The molecule has 0 spiro atoms. The monoisotopic (exact) mass is 364 g/mol. The van der Waals surface area contributed by atoms with Crippen LogP contribution in [0.15, 0.2) is 34.1 Å². The van der Waals surface area contributed by atoms with Gasteiger partial charge in [-0.2, -0.15) is 0 Å². The maximum Gasteiger partial charge on any atom is 0.0702 e. The van der Waals surface area contributed by atoms with Crippen LogP contribution in [0, 0.1) is 0 Å².